The van der Waals surface area contributed by atoms with Gasteiger partial charge < -0.3 is 13.9 Å². The fraction of sp³-hybridized carbons (Fsp3) is 0.0952. The van der Waals surface area contributed by atoms with Gasteiger partial charge in [-0.2, -0.15) is 10.1 Å². The van der Waals surface area contributed by atoms with Gasteiger partial charge in [-0.05, 0) is 36.4 Å². The predicted molar refractivity (Wildman–Crippen MR) is 112 cm³/mol. The lowest BCUT2D eigenvalue weighted by Gasteiger charge is -2.15. The van der Waals surface area contributed by atoms with E-state index in [1.807, 2.05) is 24.3 Å². The molecule has 29 heavy (non-hydrogen) atoms. The van der Waals surface area contributed by atoms with Crippen LogP contribution in [0, 0.1) is 0 Å². The number of aromatic nitrogens is 1. The second kappa shape index (κ2) is 8.15. The summed E-state index contributed by atoms with van der Waals surface area (Å²) in [5, 5.41) is 6.05. The van der Waals surface area contributed by atoms with Crippen LogP contribution in [0.25, 0.3) is 10.2 Å². The standard InChI is InChI=1S/C21H17N3O4S/c1-26-16-10-14(11-17(12-16)27-2)20(25)24(22-13-15-6-5-9-28-15)21-23-18-7-3-4-8-19(18)29-21/h3-13H,1-2H3/b22-13+. The number of benzene rings is 2. The summed E-state index contributed by atoms with van der Waals surface area (Å²) in [6, 6.07) is 16.1. The summed E-state index contributed by atoms with van der Waals surface area (Å²) in [4.78, 5) is 17.9. The Morgan fingerprint density at radius 2 is 1.86 bits per heavy atom. The molecule has 2 aromatic heterocycles. The lowest BCUT2D eigenvalue weighted by molar-refractivity contribution is 0.0987. The molecule has 0 atom stereocenters. The first-order valence-corrected chi connectivity index (χ1v) is 9.50. The molecule has 0 unspecified atom stereocenters. The number of rotatable bonds is 6. The van der Waals surface area contributed by atoms with Gasteiger partial charge in [-0.25, -0.2) is 4.98 Å². The summed E-state index contributed by atoms with van der Waals surface area (Å²) < 4.78 is 16.8. The molecule has 7 nitrogen and oxygen atoms in total. The maximum Gasteiger partial charge on any atom is 0.281 e. The first-order valence-electron chi connectivity index (χ1n) is 8.68. The Morgan fingerprint density at radius 1 is 1.10 bits per heavy atom. The average Bonchev–Trinajstić information content (AvgIpc) is 3.43. The zero-order valence-electron chi connectivity index (χ0n) is 15.7. The Bertz CT molecular complexity index is 1110. The minimum atomic E-state index is -0.371. The van der Waals surface area contributed by atoms with Crippen LogP contribution in [0.2, 0.25) is 0 Å². The third-order valence-corrected chi connectivity index (χ3v) is 5.11. The molecule has 2 heterocycles. The average molecular weight is 407 g/mol. The van der Waals surface area contributed by atoms with Crippen LogP contribution in [0.5, 0.6) is 11.5 Å². The molecule has 0 fully saturated rings. The number of carbonyl (C=O) groups is 1. The first-order chi connectivity index (χ1) is 14.2. The van der Waals surface area contributed by atoms with Gasteiger partial charge in [-0.15, -0.1) is 0 Å². The van der Waals surface area contributed by atoms with E-state index < -0.39 is 0 Å². The number of furan rings is 1. The third-order valence-electron chi connectivity index (χ3n) is 4.10. The van der Waals surface area contributed by atoms with Gasteiger partial charge in [0.05, 0.1) is 36.9 Å². The van der Waals surface area contributed by atoms with E-state index in [2.05, 4.69) is 10.1 Å². The molecule has 0 bridgehead atoms. The van der Waals surface area contributed by atoms with Crippen LogP contribution in [0.1, 0.15) is 16.1 Å². The minimum absolute atomic E-state index is 0.358. The molecule has 0 N–H and O–H groups in total. The number of para-hydroxylation sites is 1. The molecule has 146 valence electrons. The molecule has 0 aliphatic rings. The topological polar surface area (TPSA) is 77.2 Å². The number of carbonyl (C=O) groups excluding carboxylic acids is 1. The largest absolute Gasteiger partial charge is 0.497 e. The van der Waals surface area contributed by atoms with Crippen molar-refractivity contribution in [1.82, 2.24) is 4.98 Å². The van der Waals surface area contributed by atoms with Crippen molar-refractivity contribution in [2.24, 2.45) is 5.10 Å². The number of hydrogen-bond donors (Lipinski definition) is 0. The Morgan fingerprint density at radius 3 is 2.52 bits per heavy atom. The van der Waals surface area contributed by atoms with Crippen LogP contribution in [-0.4, -0.2) is 31.3 Å². The molecular formula is C21H17N3O4S. The van der Waals surface area contributed by atoms with Gasteiger partial charge in [-0.1, -0.05) is 23.5 Å². The van der Waals surface area contributed by atoms with Gasteiger partial charge in [0.15, 0.2) is 0 Å². The highest BCUT2D eigenvalue weighted by atomic mass is 32.1. The number of fused-ring (bicyclic) bond motifs is 1. The van der Waals surface area contributed by atoms with Crippen LogP contribution in [-0.2, 0) is 0 Å². The van der Waals surface area contributed by atoms with Gasteiger partial charge in [0.2, 0.25) is 5.13 Å². The summed E-state index contributed by atoms with van der Waals surface area (Å²) in [5.41, 5.74) is 1.15. The number of methoxy groups -OCH3 is 2. The first kappa shape index (κ1) is 18.7. The summed E-state index contributed by atoms with van der Waals surface area (Å²) in [7, 11) is 3.06. The van der Waals surface area contributed by atoms with E-state index in [1.165, 1.54) is 43.0 Å². The highest BCUT2D eigenvalue weighted by molar-refractivity contribution is 7.22. The van der Waals surface area contributed by atoms with Gasteiger partial charge in [0.1, 0.15) is 17.3 Å². The van der Waals surface area contributed by atoms with Crippen molar-refractivity contribution >= 4 is 38.8 Å². The number of hydrogen-bond acceptors (Lipinski definition) is 7. The number of hydrazone groups is 1. The summed E-state index contributed by atoms with van der Waals surface area (Å²) in [5.74, 6) is 1.16. The third kappa shape index (κ3) is 3.97. The second-order valence-corrected chi connectivity index (χ2v) is 6.95. The van der Waals surface area contributed by atoms with Crippen molar-refractivity contribution < 1.29 is 18.7 Å². The Hall–Kier alpha value is -3.65. The van der Waals surface area contributed by atoms with Crippen molar-refractivity contribution in [2.75, 3.05) is 19.2 Å². The highest BCUT2D eigenvalue weighted by Gasteiger charge is 2.22. The van der Waals surface area contributed by atoms with Crippen LogP contribution in [0.15, 0.2) is 70.4 Å². The van der Waals surface area contributed by atoms with Gasteiger partial charge in [0.25, 0.3) is 5.91 Å². The van der Waals surface area contributed by atoms with E-state index in [9.17, 15) is 4.79 Å². The molecule has 8 heteroatoms. The van der Waals surface area contributed by atoms with Crippen molar-refractivity contribution in [3.8, 4) is 11.5 Å². The second-order valence-electron chi connectivity index (χ2n) is 5.94. The van der Waals surface area contributed by atoms with E-state index in [0.717, 1.165) is 10.2 Å². The van der Waals surface area contributed by atoms with Crippen molar-refractivity contribution in [2.45, 2.75) is 0 Å². The van der Waals surface area contributed by atoms with E-state index in [4.69, 9.17) is 13.9 Å². The highest BCUT2D eigenvalue weighted by Crippen LogP contribution is 2.31. The van der Waals surface area contributed by atoms with Crippen LogP contribution < -0.4 is 14.5 Å². The number of amides is 1. The summed E-state index contributed by atoms with van der Waals surface area (Å²) in [6.07, 6.45) is 3.01. The van der Waals surface area contributed by atoms with Gasteiger partial charge in [0, 0.05) is 11.6 Å². The summed E-state index contributed by atoms with van der Waals surface area (Å²) in [6.45, 7) is 0. The Balaban J connectivity index is 1.78. The SMILES string of the molecule is COc1cc(OC)cc(C(=O)N(/N=C/c2ccco2)c2nc3ccccc3s2)c1. The Kier molecular flexibility index (Phi) is 5.26. The summed E-state index contributed by atoms with van der Waals surface area (Å²) >= 11 is 1.37. The quantitative estimate of drug-likeness (QED) is 0.345. The maximum absolute atomic E-state index is 13.4. The smallest absolute Gasteiger partial charge is 0.281 e. The van der Waals surface area contributed by atoms with Crippen molar-refractivity contribution in [1.29, 1.82) is 0 Å². The van der Waals surface area contributed by atoms with E-state index >= 15 is 0 Å². The van der Waals surface area contributed by atoms with E-state index in [-0.39, 0.29) is 5.91 Å². The zero-order valence-corrected chi connectivity index (χ0v) is 16.6. The van der Waals surface area contributed by atoms with Gasteiger partial charge >= 0.3 is 0 Å². The van der Waals surface area contributed by atoms with Crippen LogP contribution in [0.4, 0.5) is 5.13 Å². The molecule has 0 spiro atoms. The fourth-order valence-corrected chi connectivity index (χ4v) is 3.59. The molecule has 4 rings (SSSR count). The monoisotopic (exact) mass is 407 g/mol. The number of ether oxygens (including phenoxy) is 2. The maximum atomic E-state index is 13.4. The molecule has 1 amide bonds. The predicted octanol–water partition coefficient (Wildman–Crippen LogP) is 4.59. The normalized spacial score (nSPS) is 11.1. The number of thiazole rings is 1. The van der Waals surface area contributed by atoms with Crippen molar-refractivity contribution in [3.05, 3.63) is 72.2 Å². The molecule has 0 aliphatic heterocycles. The van der Waals surface area contributed by atoms with Gasteiger partial charge in [-0.3, -0.25) is 4.79 Å². The molecule has 0 saturated heterocycles. The molecule has 2 aromatic carbocycles. The van der Waals surface area contributed by atoms with Crippen LogP contribution in [0.3, 0.4) is 0 Å². The Labute approximate surface area is 170 Å². The molecule has 0 aliphatic carbocycles. The molecule has 0 saturated carbocycles. The molecule has 4 aromatic rings. The number of nitrogens with zero attached hydrogens (tertiary/aromatic N) is 3. The van der Waals surface area contributed by atoms with Crippen LogP contribution >= 0.6 is 11.3 Å². The molecular weight excluding hydrogens is 390 g/mol. The van der Waals surface area contributed by atoms with Crippen molar-refractivity contribution in [3.63, 3.8) is 0 Å². The molecule has 0 radical (unpaired) electrons. The fourth-order valence-electron chi connectivity index (χ4n) is 2.67. The lowest BCUT2D eigenvalue weighted by atomic mass is 10.2. The lowest BCUT2D eigenvalue weighted by Crippen LogP contribution is -2.25. The van der Waals surface area contributed by atoms with E-state index in [0.29, 0.717) is 28.0 Å². The number of anilines is 1. The van der Waals surface area contributed by atoms with E-state index in [1.54, 1.807) is 30.3 Å². The zero-order chi connectivity index (χ0) is 20.2. The minimum Gasteiger partial charge on any atom is -0.497 e.